The number of rotatable bonds is 6. The summed E-state index contributed by atoms with van der Waals surface area (Å²) in [7, 11) is 0. The van der Waals surface area contributed by atoms with Crippen molar-refractivity contribution in [2.75, 3.05) is 6.61 Å². The molecule has 3 rings (SSSR count). The Balaban J connectivity index is 1.67. The Bertz CT molecular complexity index is 914. The number of carbonyl (C=O) groups excluding carboxylic acids is 1. The minimum absolute atomic E-state index is 0.0125. The number of imidazole rings is 1. The minimum atomic E-state index is -0.681. The molecule has 0 aliphatic rings. The van der Waals surface area contributed by atoms with Crippen molar-refractivity contribution in [1.82, 2.24) is 9.55 Å². The van der Waals surface area contributed by atoms with E-state index in [0.717, 1.165) is 11.0 Å². The molecule has 0 saturated heterocycles. The Hall–Kier alpha value is -2.66. The van der Waals surface area contributed by atoms with Crippen LogP contribution in [-0.4, -0.2) is 33.2 Å². The van der Waals surface area contributed by atoms with Crippen LogP contribution in [0.15, 0.2) is 42.7 Å². The number of ether oxygens (including phenoxy) is 1. The number of Topliss-reactive ketones (excluding diaryl/α,β-unsaturated/α-hetero) is 1. The maximum Gasteiger partial charge on any atom is 0.159 e. The number of aliphatic hydroxyl groups is 1. The fraction of sp³-hybridized carbons (Fsp3) is 0.300. The summed E-state index contributed by atoms with van der Waals surface area (Å²) in [6.45, 7) is 6.18. The van der Waals surface area contributed by atoms with Crippen LogP contribution in [0.4, 0.5) is 0 Å². The molecule has 1 atom stereocenters. The van der Waals surface area contributed by atoms with Crippen LogP contribution >= 0.6 is 0 Å². The highest BCUT2D eigenvalue weighted by Crippen LogP contribution is 2.19. The molecule has 2 aromatic carbocycles. The Morgan fingerprint density at radius 2 is 2.00 bits per heavy atom. The van der Waals surface area contributed by atoms with E-state index in [1.807, 2.05) is 4.57 Å². The summed E-state index contributed by atoms with van der Waals surface area (Å²) in [5, 5.41) is 10.3. The Morgan fingerprint density at radius 3 is 2.76 bits per heavy atom. The van der Waals surface area contributed by atoms with E-state index < -0.39 is 6.10 Å². The van der Waals surface area contributed by atoms with Crippen LogP contribution in [0.25, 0.3) is 11.0 Å². The highest BCUT2D eigenvalue weighted by Gasteiger charge is 2.11. The number of carbonyl (C=O) groups is 1. The number of aryl methyl sites for hydroxylation is 2. The van der Waals surface area contributed by atoms with Gasteiger partial charge in [-0.15, -0.1) is 0 Å². The van der Waals surface area contributed by atoms with Gasteiger partial charge in [-0.05, 0) is 56.2 Å². The first kappa shape index (κ1) is 17.2. The van der Waals surface area contributed by atoms with Crippen LogP contribution in [0, 0.1) is 13.8 Å². The van der Waals surface area contributed by atoms with Gasteiger partial charge in [-0.1, -0.05) is 12.1 Å². The molecule has 0 radical (unpaired) electrons. The molecule has 0 saturated carbocycles. The van der Waals surface area contributed by atoms with Crippen molar-refractivity contribution in [2.45, 2.75) is 33.4 Å². The van der Waals surface area contributed by atoms with Gasteiger partial charge >= 0.3 is 0 Å². The standard InChI is InChI=1S/C20H22N2O3/c1-13-7-19-20(8-14(13)2)22(12-21-19)10-17(24)11-25-18-6-4-5-16(9-18)15(3)23/h4-9,12,17,24H,10-11H2,1-3H3. The highest BCUT2D eigenvalue weighted by atomic mass is 16.5. The summed E-state index contributed by atoms with van der Waals surface area (Å²) in [6, 6.07) is 11.1. The predicted molar refractivity (Wildman–Crippen MR) is 97.2 cm³/mol. The molecule has 0 fully saturated rings. The first-order chi connectivity index (χ1) is 11.9. The molecule has 1 N–H and O–H groups in total. The van der Waals surface area contributed by atoms with Crippen LogP contribution in [0.3, 0.4) is 0 Å². The second-order valence-electron chi connectivity index (χ2n) is 6.37. The van der Waals surface area contributed by atoms with Crippen molar-refractivity contribution in [1.29, 1.82) is 0 Å². The normalized spacial score (nSPS) is 12.3. The molecule has 0 spiro atoms. The molecule has 25 heavy (non-hydrogen) atoms. The molecule has 0 aliphatic heterocycles. The van der Waals surface area contributed by atoms with Crippen molar-refractivity contribution >= 4 is 16.8 Å². The van der Waals surface area contributed by atoms with Gasteiger partial charge in [0.15, 0.2) is 5.78 Å². The highest BCUT2D eigenvalue weighted by molar-refractivity contribution is 5.94. The smallest absolute Gasteiger partial charge is 0.159 e. The molecule has 5 heteroatoms. The van der Waals surface area contributed by atoms with Gasteiger partial charge in [0.2, 0.25) is 0 Å². The SMILES string of the molecule is CC(=O)c1cccc(OCC(O)Cn2cnc3cc(C)c(C)cc32)c1. The van der Waals surface area contributed by atoms with Gasteiger partial charge in [-0.3, -0.25) is 4.79 Å². The molecule has 5 nitrogen and oxygen atoms in total. The number of hydrogen-bond donors (Lipinski definition) is 1. The molecule has 1 unspecified atom stereocenters. The minimum Gasteiger partial charge on any atom is -0.491 e. The zero-order valence-corrected chi connectivity index (χ0v) is 14.7. The number of hydrogen-bond acceptors (Lipinski definition) is 4. The topological polar surface area (TPSA) is 64.3 Å². The number of aromatic nitrogens is 2. The van der Waals surface area contributed by atoms with E-state index in [9.17, 15) is 9.90 Å². The second kappa shape index (κ2) is 7.07. The Kier molecular flexibility index (Phi) is 4.86. The van der Waals surface area contributed by atoms with E-state index >= 15 is 0 Å². The average molecular weight is 338 g/mol. The lowest BCUT2D eigenvalue weighted by molar-refractivity contribution is 0.0932. The lowest BCUT2D eigenvalue weighted by Crippen LogP contribution is -2.23. The third kappa shape index (κ3) is 3.88. The van der Waals surface area contributed by atoms with Gasteiger partial charge < -0.3 is 14.4 Å². The van der Waals surface area contributed by atoms with Crippen LogP contribution in [0.5, 0.6) is 5.75 Å². The van der Waals surface area contributed by atoms with Crippen molar-refractivity contribution < 1.29 is 14.6 Å². The molecule has 3 aromatic rings. The van der Waals surface area contributed by atoms with Gasteiger partial charge in [0.05, 0.1) is 23.9 Å². The summed E-state index contributed by atoms with van der Waals surface area (Å²) in [4.78, 5) is 15.8. The number of aliphatic hydroxyl groups excluding tert-OH is 1. The Morgan fingerprint density at radius 1 is 1.24 bits per heavy atom. The molecule has 0 bridgehead atoms. The second-order valence-corrected chi connectivity index (χ2v) is 6.37. The summed E-state index contributed by atoms with van der Waals surface area (Å²) < 4.78 is 7.56. The molecule has 0 amide bonds. The van der Waals surface area contributed by atoms with E-state index in [0.29, 0.717) is 17.9 Å². The fourth-order valence-corrected chi connectivity index (χ4v) is 2.74. The van der Waals surface area contributed by atoms with Crippen LogP contribution in [-0.2, 0) is 6.54 Å². The number of benzene rings is 2. The maximum atomic E-state index is 11.4. The maximum absolute atomic E-state index is 11.4. The van der Waals surface area contributed by atoms with Crippen LogP contribution in [0.1, 0.15) is 28.4 Å². The quantitative estimate of drug-likeness (QED) is 0.701. The van der Waals surface area contributed by atoms with E-state index in [1.54, 1.807) is 30.6 Å². The monoisotopic (exact) mass is 338 g/mol. The van der Waals surface area contributed by atoms with E-state index in [1.165, 1.54) is 18.1 Å². The predicted octanol–water partition coefficient (Wildman–Crippen LogP) is 3.30. The van der Waals surface area contributed by atoms with E-state index in [4.69, 9.17) is 4.74 Å². The summed E-state index contributed by atoms with van der Waals surface area (Å²) in [5.41, 5.74) is 4.91. The van der Waals surface area contributed by atoms with Gasteiger partial charge in [0.1, 0.15) is 18.5 Å². The van der Waals surface area contributed by atoms with Gasteiger partial charge in [-0.25, -0.2) is 4.98 Å². The molecule has 0 aliphatic carbocycles. The summed E-state index contributed by atoms with van der Waals surface area (Å²) in [6.07, 6.45) is 1.06. The summed E-state index contributed by atoms with van der Waals surface area (Å²) in [5.74, 6) is 0.565. The number of nitrogens with zero attached hydrogens (tertiary/aromatic N) is 2. The van der Waals surface area contributed by atoms with E-state index in [-0.39, 0.29) is 12.4 Å². The zero-order chi connectivity index (χ0) is 18.0. The Labute approximate surface area is 146 Å². The van der Waals surface area contributed by atoms with Crippen molar-refractivity contribution in [3.8, 4) is 5.75 Å². The van der Waals surface area contributed by atoms with Crippen molar-refractivity contribution in [2.24, 2.45) is 0 Å². The number of ketones is 1. The largest absolute Gasteiger partial charge is 0.491 e. The zero-order valence-electron chi connectivity index (χ0n) is 14.7. The molecule has 130 valence electrons. The lowest BCUT2D eigenvalue weighted by atomic mass is 10.1. The lowest BCUT2D eigenvalue weighted by Gasteiger charge is -2.14. The van der Waals surface area contributed by atoms with Gasteiger partial charge in [-0.2, -0.15) is 0 Å². The number of fused-ring (bicyclic) bond motifs is 1. The molecular formula is C20H22N2O3. The fourth-order valence-electron chi connectivity index (χ4n) is 2.74. The van der Waals surface area contributed by atoms with Gasteiger partial charge in [0, 0.05) is 5.56 Å². The van der Waals surface area contributed by atoms with Gasteiger partial charge in [0.25, 0.3) is 0 Å². The first-order valence-corrected chi connectivity index (χ1v) is 8.28. The van der Waals surface area contributed by atoms with Crippen LogP contribution < -0.4 is 4.74 Å². The molecule has 1 heterocycles. The third-order valence-corrected chi connectivity index (χ3v) is 4.33. The van der Waals surface area contributed by atoms with E-state index in [2.05, 4.69) is 31.0 Å². The molecule has 1 aromatic heterocycles. The van der Waals surface area contributed by atoms with Crippen LogP contribution in [0.2, 0.25) is 0 Å². The molecular weight excluding hydrogens is 316 g/mol. The third-order valence-electron chi connectivity index (χ3n) is 4.33. The van der Waals surface area contributed by atoms with Crippen molar-refractivity contribution in [3.63, 3.8) is 0 Å². The summed E-state index contributed by atoms with van der Waals surface area (Å²) >= 11 is 0. The van der Waals surface area contributed by atoms with Crippen molar-refractivity contribution in [3.05, 3.63) is 59.4 Å². The average Bonchev–Trinajstić information content (AvgIpc) is 2.95. The first-order valence-electron chi connectivity index (χ1n) is 8.28.